The summed E-state index contributed by atoms with van der Waals surface area (Å²) in [6.45, 7) is 9.68. The molecule has 2 aromatic carbocycles. The number of aryl methyl sites for hydroxylation is 1. The molecular formula is C28H33N5O4. The summed E-state index contributed by atoms with van der Waals surface area (Å²) >= 11 is 0. The minimum atomic E-state index is -0.840. The molecule has 2 fully saturated rings. The molecule has 1 aromatic heterocycles. The number of hydrogen-bond acceptors (Lipinski definition) is 6. The maximum absolute atomic E-state index is 11.2. The Labute approximate surface area is 216 Å². The van der Waals surface area contributed by atoms with Gasteiger partial charge in [-0.3, -0.25) is 9.47 Å². The van der Waals surface area contributed by atoms with Crippen molar-refractivity contribution in [3.63, 3.8) is 0 Å². The fraction of sp³-hybridized carbons (Fsp3) is 0.429. The maximum Gasteiger partial charge on any atom is 0.407 e. The summed E-state index contributed by atoms with van der Waals surface area (Å²) in [4.78, 5) is 22.2. The molecule has 0 aliphatic carbocycles. The van der Waals surface area contributed by atoms with Crippen LogP contribution < -0.4 is 9.64 Å². The van der Waals surface area contributed by atoms with Crippen molar-refractivity contribution in [3.05, 3.63) is 59.7 Å². The molecule has 0 atom stereocenters. The van der Waals surface area contributed by atoms with Crippen LogP contribution in [0.2, 0.25) is 0 Å². The van der Waals surface area contributed by atoms with Gasteiger partial charge in [0.15, 0.2) is 5.82 Å². The molecule has 0 bridgehead atoms. The number of hydrogen-bond donors (Lipinski definition) is 1. The maximum atomic E-state index is 11.2. The predicted molar refractivity (Wildman–Crippen MR) is 141 cm³/mol. The number of nitrogens with zero attached hydrogens (tertiary/aromatic N) is 5. The van der Waals surface area contributed by atoms with Crippen molar-refractivity contribution in [1.82, 2.24) is 19.4 Å². The van der Waals surface area contributed by atoms with Crippen molar-refractivity contribution in [2.75, 3.05) is 63.9 Å². The third-order valence-electron chi connectivity index (χ3n) is 7.63. The van der Waals surface area contributed by atoms with Crippen molar-refractivity contribution in [1.29, 1.82) is 0 Å². The molecule has 2 saturated heterocycles. The average Bonchev–Trinajstić information content (AvgIpc) is 3.36. The van der Waals surface area contributed by atoms with E-state index in [-0.39, 0.29) is 0 Å². The number of fused-ring (bicyclic) bond motifs is 3. The summed E-state index contributed by atoms with van der Waals surface area (Å²) in [5.41, 5.74) is 6.73. The summed E-state index contributed by atoms with van der Waals surface area (Å²) in [6, 6.07) is 12.9. The number of piperazine rings is 1. The van der Waals surface area contributed by atoms with Crippen molar-refractivity contribution >= 4 is 11.8 Å². The zero-order chi connectivity index (χ0) is 25.4. The van der Waals surface area contributed by atoms with Crippen LogP contribution in [0.15, 0.2) is 42.6 Å². The van der Waals surface area contributed by atoms with E-state index in [1.165, 1.54) is 16.0 Å². The van der Waals surface area contributed by atoms with Crippen LogP contribution >= 0.6 is 0 Å². The Hall–Kier alpha value is -3.56. The highest BCUT2D eigenvalue weighted by atomic mass is 16.5. The number of imidazole rings is 1. The molecule has 9 nitrogen and oxygen atoms in total. The summed E-state index contributed by atoms with van der Waals surface area (Å²) in [6.07, 6.45) is 2.23. The van der Waals surface area contributed by atoms with Gasteiger partial charge >= 0.3 is 6.09 Å². The first-order chi connectivity index (χ1) is 18.0. The second kappa shape index (κ2) is 10.1. The van der Waals surface area contributed by atoms with Crippen molar-refractivity contribution < 1.29 is 19.4 Å². The molecule has 37 heavy (non-hydrogen) atoms. The number of ether oxygens (including phenoxy) is 2. The van der Waals surface area contributed by atoms with E-state index in [9.17, 15) is 9.90 Å². The topological polar surface area (TPSA) is 83.3 Å². The van der Waals surface area contributed by atoms with E-state index in [4.69, 9.17) is 14.5 Å². The van der Waals surface area contributed by atoms with Gasteiger partial charge in [0.05, 0.1) is 24.6 Å². The van der Waals surface area contributed by atoms with E-state index in [1.54, 1.807) is 0 Å². The van der Waals surface area contributed by atoms with Gasteiger partial charge < -0.3 is 24.4 Å². The molecule has 3 aliphatic heterocycles. The monoisotopic (exact) mass is 503 g/mol. The number of morpholine rings is 1. The molecule has 3 aromatic rings. The number of rotatable bonds is 5. The minimum Gasteiger partial charge on any atom is -0.483 e. The summed E-state index contributed by atoms with van der Waals surface area (Å²) in [5, 5.41) is 9.20. The first-order valence-electron chi connectivity index (χ1n) is 13.0. The molecule has 1 N–H and O–H groups in total. The van der Waals surface area contributed by atoms with E-state index >= 15 is 0 Å². The lowest BCUT2D eigenvalue weighted by molar-refractivity contribution is 0.0383. The molecule has 194 valence electrons. The van der Waals surface area contributed by atoms with Gasteiger partial charge in [-0.15, -0.1) is 0 Å². The van der Waals surface area contributed by atoms with E-state index < -0.39 is 6.09 Å². The standard InChI is InChI=1S/C28H33N5O4/c1-20-16-23(31-8-10-32(11-9-31)28(34)35)3-4-24(20)21-2-5-25-26(17-21)37-19-27-29-22(18-33(25)27)6-7-30-12-14-36-15-13-30/h2-5,16-18H,6-15,19H2,1H3,(H,34,35). The Morgan fingerprint density at radius 2 is 1.84 bits per heavy atom. The quantitative estimate of drug-likeness (QED) is 0.571. The molecule has 0 spiro atoms. The number of carbonyl (C=O) groups is 1. The summed E-state index contributed by atoms with van der Waals surface area (Å²) in [5.74, 6) is 1.82. The van der Waals surface area contributed by atoms with Crippen molar-refractivity contribution in [2.24, 2.45) is 0 Å². The number of carboxylic acid groups (broad SMARTS) is 1. The molecule has 1 amide bonds. The highest BCUT2D eigenvalue weighted by Gasteiger charge is 2.23. The van der Waals surface area contributed by atoms with E-state index in [0.717, 1.165) is 73.5 Å². The lowest BCUT2D eigenvalue weighted by Gasteiger charge is -2.35. The molecule has 6 rings (SSSR count). The van der Waals surface area contributed by atoms with Crippen molar-refractivity contribution in [2.45, 2.75) is 20.0 Å². The van der Waals surface area contributed by atoms with Gasteiger partial charge in [-0.1, -0.05) is 12.1 Å². The van der Waals surface area contributed by atoms with Crippen LogP contribution in [0.1, 0.15) is 17.1 Å². The van der Waals surface area contributed by atoms with Gasteiger partial charge in [0.2, 0.25) is 0 Å². The minimum absolute atomic E-state index is 0.467. The zero-order valence-electron chi connectivity index (χ0n) is 21.2. The number of anilines is 1. The molecule has 9 heteroatoms. The van der Waals surface area contributed by atoms with Gasteiger partial charge in [0.1, 0.15) is 12.4 Å². The molecule has 0 radical (unpaired) electrons. The highest BCUT2D eigenvalue weighted by Crippen LogP contribution is 2.36. The van der Waals surface area contributed by atoms with Crippen LogP contribution in [0, 0.1) is 6.92 Å². The lowest BCUT2D eigenvalue weighted by atomic mass is 9.98. The normalized spacial score (nSPS) is 17.8. The second-order valence-electron chi connectivity index (χ2n) is 9.95. The number of amides is 1. The Morgan fingerprint density at radius 3 is 2.59 bits per heavy atom. The number of benzene rings is 2. The van der Waals surface area contributed by atoms with Crippen LogP contribution in [-0.2, 0) is 17.8 Å². The van der Waals surface area contributed by atoms with Gasteiger partial charge in [0.25, 0.3) is 0 Å². The van der Waals surface area contributed by atoms with Crippen molar-refractivity contribution in [3.8, 4) is 22.6 Å². The summed E-state index contributed by atoms with van der Waals surface area (Å²) in [7, 11) is 0. The Kier molecular flexibility index (Phi) is 6.48. The van der Waals surface area contributed by atoms with Crippen LogP contribution in [0.25, 0.3) is 16.8 Å². The Bertz CT molecular complexity index is 1290. The number of aromatic nitrogens is 2. The SMILES string of the molecule is Cc1cc(N2CCN(C(=O)O)CC2)ccc1-c1ccc2c(c1)OCc1nc(CCN3CCOCC3)cn1-2. The first kappa shape index (κ1) is 23.8. The fourth-order valence-corrected chi connectivity index (χ4v) is 5.46. The Balaban J connectivity index is 1.17. The van der Waals surface area contributed by atoms with Gasteiger partial charge in [-0.05, 0) is 47.9 Å². The van der Waals surface area contributed by atoms with Gasteiger partial charge in [-0.2, -0.15) is 0 Å². The lowest BCUT2D eigenvalue weighted by Crippen LogP contribution is -2.48. The second-order valence-corrected chi connectivity index (χ2v) is 9.95. The van der Waals surface area contributed by atoms with E-state index in [2.05, 4.69) is 63.9 Å². The first-order valence-corrected chi connectivity index (χ1v) is 13.0. The van der Waals surface area contributed by atoms with Crippen LogP contribution in [0.3, 0.4) is 0 Å². The highest BCUT2D eigenvalue weighted by molar-refractivity contribution is 5.74. The van der Waals surface area contributed by atoms with Crippen LogP contribution in [0.5, 0.6) is 5.75 Å². The third kappa shape index (κ3) is 4.89. The molecule has 0 unspecified atom stereocenters. The average molecular weight is 504 g/mol. The van der Waals surface area contributed by atoms with E-state index in [0.29, 0.717) is 32.8 Å². The Morgan fingerprint density at radius 1 is 1.03 bits per heavy atom. The van der Waals surface area contributed by atoms with E-state index in [1.807, 2.05) is 0 Å². The zero-order valence-corrected chi connectivity index (χ0v) is 21.2. The molecule has 3 aliphatic rings. The third-order valence-corrected chi connectivity index (χ3v) is 7.63. The fourth-order valence-electron chi connectivity index (χ4n) is 5.46. The van der Waals surface area contributed by atoms with Crippen LogP contribution in [-0.4, -0.2) is 89.6 Å². The summed E-state index contributed by atoms with van der Waals surface area (Å²) < 4.78 is 13.8. The van der Waals surface area contributed by atoms with Gasteiger partial charge in [0, 0.05) is 64.1 Å². The van der Waals surface area contributed by atoms with Gasteiger partial charge in [-0.25, -0.2) is 9.78 Å². The molecule has 4 heterocycles. The largest absolute Gasteiger partial charge is 0.483 e. The molecule has 0 saturated carbocycles. The molecular weight excluding hydrogens is 470 g/mol. The van der Waals surface area contributed by atoms with Crippen LogP contribution in [0.4, 0.5) is 10.5 Å². The smallest absolute Gasteiger partial charge is 0.407 e. The predicted octanol–water partition coefficient (Wildman–Crippen LogP) is 3.41.